The average molecular weight is 388 g/mol. The molecule has 1 atom stereocenters. The quantitative estimate of drug-likeness (QED) is 0.688. The van der Waals surface area contributed by atoms with E-state index < -0.39 is 6.10 Å². The molecule has 2 heterocycles. The third kappa shape index (κ3) is 3.62. The van der Waals surface area contributed by atoms with Crippen LogP contribution in [0.4, 0.5) is 0 Å². The number of aliphatic hydroxyl groups is 1. The van der Waals surface area contributed by atoms with Gasteiger partial charge in [-0.1, -0.05) is 31.2 Å². The first kappa shape index (κ1) is 19.2. The van der Waals surface area contributed by atoms with Crippen molar-refractivity contribution in [2.75, 3.05) is 7.11 Å². The van der Waals surface area contributed by atoms with Crippen LogP contribution in [0.5, 0.6) is 5.75 Å². The summed E-state index contributed by atoms with van der Waals surface area (Å²) in [6.45, 7) is 2.12. The van der Waals surface area contributed by atoms with Crippen LogP contribution in [0.15, 0.2) is 48.8 Å². The van der Waals surface area contributed by atoms with Gasteiger partial charge in [0, 0.05) is 17.3 Å². The molecule has 6 heteroatoms. The van der Waals surface area contributed by atoms with Crippen LogP contribution in [-0.2, 0) is 6.42 Å². The minimum atomic E-state index is -0.657. The molecule has 6 nitrogen and oxygen atoms in total. The molecule has 1 aliphatic rings. The summed E-state index contributed by atoms with van der Waals surface area (Å²) in [5, 5.41) is 24.2. The standard InChI is InChI=1S/C23H24N4O2/c1-3-15-6-4-8-20(23(15)29-2)17-13-25-27(14-17)19-10-16(11-19)22(28)21-9-5-7-18(12-24)26-21/h4-9,13-14,16,19,22,28H,3,10-11H2,1-2H3. The Morgan fingerprint density at radius 1 is 1.28 bits per heavy atom. The Bertz CT molecular complexity index is 1050. The number of hydrogen-bond acceptors (Lipinski definition) is 5. The van der Waals surface area contributed by atoms with Crippen molar-refractivity contribution in [3.63, 3.8) is 0 Å². The number of ether oxygens (including phenoxy) is 1. The van der Waals surface area contributed by atoms with Gasteiger partial charge < -0.3 is 9.84 Å². The fraction of sp³-hybridized carbons (Fsp3) is 0.348. The molecule has 0 radical (unpaired) electrons. The van der Waals surface area contributed by atoms with Gasteiger partial charge in [-0.05, 0) is 42.9 Å². The zero-order chi connectivity index (χ0) is 20.4. The SMILES string of the molecule is CCc1cccc(-c2cnn(C3CC(C(O)c4cccc(C#N)n4)C3)c2)c1OC. The van der Waals surface area contributed by atoms with Crippen molar-refractivity contribution < 1.29 is 9.84 Å². The lowest BCUT2D eigenvalue weighted by atomic mass is 9.76. The largest absolute Gasteiger partial charge is 0.496 e. The van der Waals surface area contributed by atoms with Crippen LogP contribution in [0.2, 0.25) is 0 Å². The molecule has 1 unspecified atom stereocenters. The summed E-state index contributed by atoms with van der Waals surface area (Å²) in [6, 6.07) is 13.6. The van der Waals surface area contributed by atoms with Crippen LogP contribution < -0.4 is 4.74 Å². The number of methoxy groups -OCH3 is 1. The Hall–Kier alpha value is -3.17. The van der Waals surface area contributed by atoms with E-state index in [-0.39, 0.29) is 12.0 Å². The lowest BCUT2D eigenvalue weighted by molar-refractivity contribution is 0.0244. The van der Waals surface area contributed by atoms with Crippen molar-refractivity contribution in [1.82, 2.24) is 14.8 Å². The number of nitrogens with zero attached hydrogens (tertiary/aromatic N) is 4. The zero-order valence-electron chi connectivity index (χ0n) is 16.6. The van der Waals surface area contributed by atoms with E-state index in [9.17, 15) is 5.11 Å². The molecule has 0 saturated heterocycles. The molecule has 1 aliphatic carbocycles. The highest BCUT2D eigenvalue weighted by Crippen LogP contribution is 2.45. The Balaban J connectivity index is 1.47. The summed E-state index contributed by atoms with van der Waals surface area (Å²) >= 11 is 0. The molecule has 29 heavy (non-hydrogen) atoms. The fourth-order valence-corrected chi connectivity index (χ4v) is 4.03. The number of aliphatic hydroxyl groups excluding tert-OH is 1. The van der Waals surface area contributed by atoms with E-state index >= 15 is 0 Å². The maximum absolute atomic E-state index is 10.6. The molecule has 0 aliphatic heterocycles. The lowest BCUT2D eigenvalue weighted by Crippen LogP contribution is -2.31. The minimum absolute atomic E-state index is 0.118. The number of aromatic nitrogens is 3. The van der Waals surface area contributed by atoms with Gasteiger partial charge in [0.05, 0.1) is 31.1 Å². The number of hydrogen-bond donors (Lipinski definition) is 1. The average Bonchev–Trinajstić information content (AvgIpc) is 3.21. The van der Waals surface area contributed by atoms with E-state index in [1.807, 2.05) is 23.0 Å². The topological polar surface area (TPSA) is 84.0 Å². The van der Waals surface area contributed by atoms with Crippen molar-refractivity contribution in [3.05, 3.63) is 65.7 Å². The summed E-state index contributed by atoms with van der Waals surface area (Å²) in [7, 11) is 1.70. The number of aryl methyl sites for hydroxylation is 1. The summed E-state index contributed by atoms with van der Waals surface area (Å²) in [4.78, 5) is 4.22. The molecule has 4 rings (SSSR count). The fourth-order valence-electron chi connectivity index (χ4n) is 4.03. The van der Waals surface area contributed by atoms with Crippen molar-refractivity contribution in [2.45, 2.75) is 38.3 Å². The minimum Gasteiger partial charge on any atom is -0.496 e. The third-order valence-corrected chi connectivity index (χ3v) is 5.75. The number of para-hydroxylation sites is 1. The highest BCUT2D eigenvalue weighted by Gasteiger charge is 2.37. The van der Waals surface area contributed by atoms with E-state index in [2.05, 4.69) is 35.3 Å². The Kier molecular flexibility index (Phi) is 5.32. The van der Waals surface area contributed by atoms with E-state index in [1.165, 1.54) is 5.56 Å². The Morgan fingerprint density at radius 2 is 2.07 bits per heavy atom. The molecule has 1 saturated carbocycles. The normalized spacial score (nSPS) is 19.2. The van der Waals surface area contributed by atoms with Crippen molar-refractivity contribution in [1.29, 1.82) is 5.26 Å². The highest BCUT2D eigenvalue weighted by molar-refractivity contribution is 5.71. The van der Waals surface area contributed by atoms with Gasteiger partial charge in [0.1, 0.15) is 17.5 Å². The van der Waals surface area contributed by atoms with Crippen LogP contribution >= 0.6 is 0 Å². The van der Waals surface area contributed by atoms with E-state index in [1.54, 1.807) is 25.3 Å². The van der Waals surface area contributed by atoms with E-state index in [0.29, 0.717) is 11.4 Å². The molecule has 1 N–H and O–H groups in total. The van der Waals surface area contributed by atoms with E-state index in [0.717, 1.165) is 36.1 Å². The van der Waals surface area contributed by atoms with Gasteiger partial charge in [-0.3, -0.25) is 4.68 Å². The van der Waals surface area contributed by atoms with Gasteiger partial charge in [0.25, 0.3) is 0 Å². The summed E-state index contributed by atoms with van der Waals surface area (Å²) in [6.07, 6.45) is 5.84. The predicted molar refractivity (Wildman–Crippen MR) is 109 cm³/mol. The molecule has 3 aromatic rings. The molecule has 1 fully saturated rings. The van der Waals surface area contributed by atoms with E-state index in [4.69, 9.17) is 10.00 Å². The van der Waals surface area contributed by atoms with Crippen LogP contribution in [-0.4, -0.2) is 27.0 Å². The van der Waals surface area contributed by atoms with Gasteiger partial charge in [0.15, 0.2) is 0 Å². The van der Waals surface area contributed by atoms with Crippen LogP contribution in [0.25, 0.3) is 11.1 Å². The lowest BCUT2D eigenvalue weighted by Gasteiger charge is -2.38. The Labute approximate surface area is 170 Å². The van der Waals surface area contributed by atoms with Gasteiger partial charge >= 0.3 is 0 Å². The summed E-state index contributed by atoms with van der Waals surface area (Å²) in [5.74, 6) is 1.02. The van der Waals surface area contributed by atoms with Crippen LogP contribution in [0, 0.1) is 17.2 Å². The number of rotatable bonds is 6. The molecular formula is C23H24N4O2. The third-order valence-electron chi connectivity index (χ3n) is 5.75. The molecule has 0 bridgehead atoms. The summed E-state index contributed by atoms with van der Waals surface area (Å²) in [5.41, 5.74) is 4.15. The zero-order valence-corrected chi connectivity index (χ0v) is 16.6. The summed E-state index contributed by atoms with van der Waals surface area (Å²) < 4.78 is 7.63. The Morgan fingerprint density at radius 3 is 2.79 bits per heavy atom. The number of benzene rings is 1. The highest BCUT2D eigenvalue weighted by atomic mass is 16.5. The van der Waals surface area contributed by atoms with Crippen molar-refractivity contribution in [2.24, 2.45) is 5.92 Å². The molecular weight excluding hydrogens is 364 g/mol. The molecule has 148 valence electrons. The maximum atomic E-state index is 10.6. The second kappa shape index (κ2) is 8.06. The maximum Gasteiger partial charge on any atom is 0.140 e. The first-order valence-electron chi connectivity index (χ1n) is 9.90. The van der Waals surface area contributed by atoms with Gasteiger partial charge in [-0.25, -0.2) is 4.98 Å². The second-order valence-corrected chi connectivity index (χ2v) is 7.45. The first-order valence-corrected chi connectivity index (χ1v) is 9.90. The number of nitriles is 1. The van der Waals surface area contributed by atoms with Gasteiger partial charge in [-0.15, -0.1) is 0 Å². The monoisotopic (exact) mass is 388 g/mol. The van der Waals surface area contributed by atoms with Crippen LogP contribution in [0.3, 0.4) is 0 Å². The van der Waals surface area contributed by atoms with Gasteiger partial charge in [-0.2, -0.15) is 10.4 Å². The molecule has 0 amide bonds. The van der Waals surface area contributed by atoms with Gasteiger partial charge in [0.2, 0.25) is 0 Å². The van der Waals surface area contributed by atoms with Crippen LogP contribution in [0.1, 0.15) is 48.9 Å². The molecule has 2 aromatic heterocycles. The molecule has 0 spiro atoms. The first-order chi connectivity index (χ1) is 14.1. The van der Waals surface area contributed by atoms with Crippen molar-refractivity contribution in [3.8, 4) is 22.9 Å². The number of pyridine rings is 1. The molecule has 1 aromatic carbocycles. The van der Waals surface area contributed by atoms with Crippen molar-refractivity contribution >= 4 is 0 Å². The second-order valence-electron chi connectivity index (χ2n) is 7.45. The predicted octanol–water partition coefficient (Wildman–Crippen LogP) is 4.07. The smallest absolute Gasteiger partial charge is 0.140 e.